The molecule has 1 saturated heterocycles. The van der Waals surface area contributed by atoms with Gasteiger partial charge in [-0.2, -0.15) is 0 Å². The molecule has 0 radical (unpaired) electrons. The van der Waals surface area contributed by atoms with Crippen molar-refractivity contribution in [3.63, 3.8) is 0 Å². The first-order valence-corrected chi connectivity index (χ1v) is 10.9. The summed E-state index contributed by atoms with van der Waals surface area (Å²) >= 11 is 0. The summed E-state index contributed by atoms with van der Waals surface area (Å²) in [5, 5.41) is 16.6. The molecule has 1 heterocycles. The standard InChI is InChI=1S/C24H31N3O3/c1-16(28)27-9-8-19-10-20(6-7-21(19)15-27)24(30)26-14-23(29)13-25-22-11-17-4-2-3-5-18(17)12-22/h2-5,7,10,20,22-23,25,29H,6,8-9,11-15H2,1H3,(H,26,30). The molecule has 3 N–H and O–H groups in total. The SMILES string of the molecule is CC(=O)N1CCC2=CC(C(=O)NCC(O)CNC3Cc4ccccc4C3)CC=C2C1. The molecule has 2 unspecified atom stereocenters. The van der Waals surface area contributed by atoms with E-state index in [4.69, 9.17) is 0 Å². The Morgan fingerprint density at radius 1 is 1.17 bits per heavy atom. The molecule has 160 valence electrons. The molecule has 0 saturated carbocycles. The normalized spacial score (nSPS) is 21.9. The minimum Gasteiger partial charge on any atom is -0.390 e. The van der Waals surface area contributed by atoms with E-state index < -0.39 is 6.10 Å². The predicted molar refractivity (Wildman–Crippen MR) is 116 cm³/mol. The topological polar surface area (TPSA) is 81.7 Å². The van der Waals surface area contributed by atoms with Crippen molar-refractivity contribution in [2.24, 2.45) is 5.92 Å². The van der Waals surface area contributed by atoms with Gasteiger partial charge in [0.15, 0.2) is 0 Å². The highest BCUT2D eigenvalue weighted by atomic mass is 16.3. The van der Waals surface area contributed by atoms with Gasteiger partial charge in [-0.1, -0.05) is 36.4 Å². The Hall–Kier alpha value is -2.44. The monoisotopic (exact) mass is 409 g/mol. The molecule has 3 aliphatic rings. The molecule has 6 nitrogen and oxygen atoms in total. The molecule has 0 spiro atoms. The number of benzene rings is 1. The zero-order chi connectivity index (χ0) is 21.1. The molecule has 1 aromatic carbocycles. The molecule has 6 heteroatoms. The van der Waals surface area contributed by atoms with Gasteiger partial charge in [0.2, 0.25) is 11.8 Å². The third-order valence-electron chi connectivity index (χ3n) is 6.43. The van der Waals surface area contributed by atoms with Crippen LogP contribution in [-0.2, 0) is 22.4 Å². The molecule has 0 bridgehead atoms. The number of amides is 2. The third-order valence-corrected chi connectivity index (χ3v) is 6.43. The van der Waals surface area contributed by atoms with Crippen LogP contribution in [0.25, 0.3) is 0 Å². The van der Waals surface area contributed by atoms with Gasteiger partial charge in [0.05, 0.1) is 12.0 Å². The first-order chi connectivity index (χ1) is 14.5. The van der Waals surface area contributed by atoms with E-state index in [1.165, 1.54) is 22.3 Å². The fourth-order valence-electron chi connectivity index (χ4n) is 4.65. The average molecular weight is 410 g/mol. The van der Waals surface area contributed by atoms with Crippen molar-refractivity contribution in [2.75, 3.05) is 26.2 Å². The number of nitrogens with one attached hydrogen (secondary N) is 2. The molecule has 1 fully saturated rings. The van der Waals surface area contributed by atoms with E-state index >= 15 is 0 Å². The maximum atomic E-state index is 12.6. The van der Waals surface area contributed by atoms with Crippen molar-refractivity contribution in [2.45, 2.75) is 44.8 Å². The first-order valence-electron chi connectivity index (χ1n) is 10.9. The third kappa shape index (κ3) is 4.82. The number of rotatable bonds is 6. The van der Waals surface area contributed by atoms with E-state index in [0.717, 1.165) is 19.3 Å². The Morgan fingerprint density at radius 2 is 1.90 bits per heavy atom. The smallest absolute Gasteiger partial charge is 0.227 e. The number of nitrogens with zero attached hydrogens (tertiary/aromatic N) is 1. The Kier molecular flexibility index (Phi) is 6.35. The van der Waals surface area contributed by atoms with Crippen LogP contribution in [0.3, 0.4) is 0 Å². The number of hydrogen-bond acceptors (Lipinski definition) is 4. The molecular formula is C24H31N3O3. The van der Waals surface area contributed by atoms with Gasteiger partial charge in [0.25, 0.3) is 0 Å². The van der Waals surface area contributed by atoms with Gasteiger partial charge in [0, 0.05) is 39.1 Å². The maximum absolute atomic E-state index is 12.6. The van der Waals surface area contributed by atoms with Crippen LogP contribution in [-0.4, -0.2) is 60.1 Å². The fraction of sp³-hybridized carbons (Fsp3) is 0.500. The van der Waals surface area contributed by atoms with Gasteiger partial charge in [0.1, 0.15) is 0 Å². The minimum atomic E-state index is -0.612. The van der Waals surface area contributed by atoms with E-state index in [0.29, 0.717) is 32.1 Å². The van der Waals surface area contributed by atoms with E-state index in [1.54, 1.807) is 6.92 Å². The summed E-state index contributed by atoms with van der Waals surface area (Å²) in [5.41, 5.74) is 5.11. The van der Waals surface area contributed by atoms with Gasteiger partial charge >= 0.3 is 0 Å². The van der Waals surface area contributed by atoms with E-state index in [9.17, 15) is 14.7 Å². The number of aliphatic hydroxyl groups is 1. The number of allylic oxidation sites excluding steroid dienone is 1. The maximum Gasteiger partial charge on any atom is 0.227 e. The van der Waals surface area contributed by atoms with Gasteiger partial charge in [-0.25, -0.2) is 0 Å². The van der Waals surface area contributed by atoms with Crippen LogP contribution < -0.4 is 10.6 Å². The average Bonchev–Trinajstić information content (AvgIpc) is 3.18. The van der Waals surface area contributed by atoms with Crippen molar-refractivity contribution in [1.82, 2.24) is 15.5 Å². The van der Waals surface area contributed by atoms with Crippen LogP contribution in [0.2, 0.25) is 0 Å². The number of hydrogen-bond donors (Lipinski definition) is 3. The summed E-state index contributed by atoms with van der Waals surface area (Å²) in [5.74, 6) is -0.143. The van der Waals surface area contributed by atoms with Gasteiger partial charge in [-0.05, 0) is 48.0 Å². The molecule has 30 heavy (non-hydrogen) atoms. The number of fused-ring (bicyclic) bond motifs is 2. The lowest BCUT2D eigenvalue weighted by Crippen LogP contribution is -2.43. The minimum absolute atomic E-state index is 0.0425. The van der Waals surface area contributed by atoms with Crippen LogP contribution in [0.15, 0.2) is 47.6 Å². The Bertz CT molecular complexity index is 851. The van der Waals surface area contributed by atoms with Crippen molar-refractivity contribution >= 4 is 11.8 Å². The lowest BCUT2D eigenvalue weighted by molar-refractivity contribution is -0.129. The second-order valence-electron chi connectivity index (χ2n) is 8.64. The molecule has 1 aromatic rings. The van der Waals surface area contributed by atoms with Crippen LogP contribution in [0, 0.1) is 5.92 Å². The van der Waals surface area contributed by atoms with E-state index in [2.05, 4.69) is 41.0 Å². The summed E-state index contributed by atoms with van der Waals surface area (Å²) < 4.78 is 0. The summed E-state index contributed by atoms with van der Waals surface area (Å²) in [7, 11) is 0. The van der Waals surface area contributed by atoms with Crippen LogP contribution in [0.1, 0.15) is 30.9 Å². The number of carbonyl (C=O) groups is 2. The summed E-state index contributed by atoms with van der Waals surface area (Å²) in [6.45, 7) is 3.67. The second-order valence-corrected chi connectivity index (χ2v) is 8.64. The van der Waals surface area contributed by atoms with Crippen LogP contribution >= 0.6 is 0 Å². The lowest BCUT2D eigenvalue weighted by atomic mass is 9.86. The number of aliphatic hydroxyl groups excluding tert-OH is 1. The predicted octanol–water partition coefficient (Wildman–Crippen LogP) is 1.35. The van der Waals surface area contributed by atoms with Crippen molar-refractivity contribution < 1.29 is 14.7 Å². The molecule has 2 atom stereocenters. The summed E-state index contributed by atoms with van der Waals surface area (Å²) in [6.07, 6.45) is 6.93. The highest BCUT2D eigenvalue weighted by Crippen LogP contribution is 2.30. The number of piperidine rings is 1. The molecule has 1 aliphatic heterocycles. The number of likely N-dealkylation sites (tertiary alicyclic amines) is 1. The Morgan fingerprint density at radius 3 is 2.60 bits per heavy atom. The van der Waals surface area contributed by atoms with Crippen LogP contribution in [0.4, 0.5) is 0 Å². The van der Waals surface area contributed by atoms with Crippen LogP contribution in [0.5, 0.6) is 0 Å². The first kappa shape index (κ1) is 20.8. The Balaban J connectivity index is 1.19. The van der Waals surface area contributed by atoms with Gasteiger partial charge in [-0.15, -0.1) is 0 Å². The molecular weight excluding hydrogens is 378 g/mol. The second kappa shape index (κ2) is 9.14. The van der Waals surface area contributed by atoms with E-state index in [-0.39, 0.29) is 24.3 Å². The summed E-state index contributed by atoms with van der Waals surface area (Å²) in [4.78, 5) is 26.0. The zero-order valence-corrected chi connectivity index (χ0v) is 17.6. The molecule has 2 aliphatic carbocycles. The quantitative estimate of drug-likeness (QED) is 0.662. The number of carbonyl (C=O) groups excluding carboxylic acids is 2. The fourth-order valence-corrected chi connectivity index (χ4v) is 4.65. The Labute approximate surface area is 178 Å². The lowest BCUT2D eigenvalue weighted by Gasteiger charge is -2.32. The highest BCUT2D eigenvalue weighted by Gasteiger charge is 2.27. The molecule has 4 rings (SSSR count). The zero-order valence-electron chi connectivity index (χ0n) is 17.6. The largest absolute Gasteiger partial charge is 0.390 e. The highest BCUT2D eigenvalue weighted by molar-refractivity contribution is 5.81. The van der Waals surface area contributed by atoms with Crippen molar-refractivity contribution in [3.8, 4) is 0 Å². The molecule has 2 amide bonds. The van der Waals surface area contributed by atoms with Crippen molar-refractivity contribution in [3.05, 3.63) is 58.7 Å². The summed E-state index contributed by atoms with van der Waals surface area (Å²) in [6, 6.07) is 8.81. The van der Waals surface area contributed by atoms with Crippen molar-refractivity contribution in [1.29, 1.82) is 0 Å². The van der Waals surface area contributed by atoms with Gasteiger partial charge < -0.3 is 20.6 Å². The van der Waals surface area contributed by atoms with Gasteiger partial charge in [-0.3, -0.25) is 9.59 Å². The van der Waals surface area contributed by atoms with E-state index in [1.807, 2.05) is 11.0 Å². The molecule has 0 aromatic heterocycles.